The van der Waals surface area contributed by atoms with Gasteiger partial charge in [0.15, 0.2) is 0 Å². The van der Waals surface area contributed by atoms with E-state index in [4.69, 9.17) is 0 Å². The van der Waals surface area contributed by atoms with E-state index in [0.29, 0.717) is 23.7 Å². The van der Waals surface area contributed by atoms with Gasteiger partial charge in [0.2, 0.25) is 0 Å². The van der Waals surface area contributed by atoms with Gasteiger partial charge in [0.25, 0.3) is 0 Å². The van der Waals surface area contributed by atoms with Crippen LogP contribution < -0.4 is 0 Å². The van der Waals surface area contributed by atoms with Crippen molar-refractivity contribution >= 4 is 5.97 Å². The van der Waals surface area contributed by atoms with E-state index in [1.165, 1.54) is 31.3 Å². The zero-order chi connectivity index (χ0) is 24.2. The van der Waals surface area contributed by atoms with Gasteiger partial charge in [-0.25, -0.2) is 0 Å². The molecule has 0 aromatic rings. The quantitative estimate of drug-likeness (QED) is 0.317. The molecule has 5 aliphatic rings. The zero-order valence-corrected chi connectivity index (χ0v) is 25.1. The summed E-state index contributed by atoms with van der Waals surface area (Å²) in [7, 11) is 0. The van der Waals surface area contributed by atoms with E-state index in [-0.39, 0.29) is 54.1 Å². The molecule has 0 heterocycles. The van der Waals surface area contributed by atoms with Crippen molar-refractivity contribution in [3.63, 3.8) is 0 Å². The molecule has 0 aliphatic heterocycles. The van der Waals surface area contributed by atoms with Crippen LogP contribution in [0.4, 0.5) is 0 Å². The van der Waals surface area contributed by atoms with Crippen molar-refractivity contribution in [1.29, 1.82) is 0 Å². The number of hydrogen-bond acceptors (Lipinski definition) is 2. The molecular formula is C30H48O3Re. The molecule has 4 unspecified atom stereocenters. The first-order valence-corrected chi connectivity index (χ1v) is 13.8. The molecule has 0 bridgehead atoms. The van der Waals surface area contributed by atoms with E-state index in [9.17, 15) is 15.0 Å². The number of rotatable bonds is 2. The molecule has 5 rings (SSSR count). The molecule has 2 N–H and O–H groups in total. The Balaban J connectivity index is 0.00000274. The first-order chi connectivity index (χ1) is 15.3. The largest absolute Gasteiger partial charge is 0.481 e. The third-order valence-electron chi connectivity index (χ3n) is 13.5. The van der Waals surface area contributed by atoms with Crippen molar-refractivity contribution < 1.29 is 35.4 Å². The second-order valence-electron chi connectivity index (χ2n) is 14.5. The average molecular weight is 643 g/mol. The predicted molar refractivity (Wildman–Crippen MR) is 133 cm³/mol. The van der Waals surface area contributed by atoms with Crippen molar-refractivity contribution in [2.24, 2.45) is 56.7 Å². The predicted octanol–water partition coefficient (Wildman–Crippen LogP) is 7.09. The minimum absolute atomic E-state index is 0. The van der Waals surface area contributed by atoms with Crippen LogP contribution in [0.2, 0.25) is 0 Å². The maximum absolute atomic E-state index is 12.8. The Bertz CT molecular complexity index is 867. The fraction of sp³-hybridized carbons (Fsp3) is 0.900. The van der Waals surface area contributed by atoms with E-state index in [1.54, 1.807) is 0 Å². The summed E-state index contributed by atoms with van der Waals surface area (Å²) in [5.41, 5.74) is 1.35. The molecule has 0 spiro atoms. The second-order valence-corrected chi connectivity index (χ2v) is 14.5. The van der Waals surface area contributed by atoms with Crippen molar-refractivity contribution in [3.8, 4) is 0 Å². The van der Waals surface area contributed by atoms with Crippen molar-refractivity contribution in [2.45, 2.75) is 112 Å². The molecule has 5 aliphatic carbocycles. The summed E-state index contributed by atoms with van der Waals surface area (Å²) in [6, 6.07) is 0. The monoisotopic (exact) mass is 643 g/mol. The Labute approximate surface area is 221 Å². The van der Waals surface area contributed by atoms with Crippen LogP contribution in [-0.2, 0) is 25.2 Å². The van der Waals surface area contributed by atoms with Crippen LogP contribution >= 0.6 is 0 Å². The van der Waals surface area contributed by atoms with E-state index < -0.39 is 11.4 Å². The van der Waals surface area contributed by atoms with Crippen LogP contribution in [0.15, 0.2) is 12.2 Å². The number of carboxylic acid groups (broad SMARTS) is 1. The summed E-state index contributed by atoms with van der Waals surface area (Å²) in [6.45, 7) is 18.8. The maximum Gasteiger partial charge on any atom is 0.309 e. The zero-order valence-electron chi connectivity index (χ0n) is 22.4. The number of fused-ring (bicyclic) bond motifs is 7. The topological polar surface area (TPSA) is 57.5 Å². The van der Waals surface area contributed by atoms with Crippen LogP contribution in [0, 0.1) is 56.7 Å². The summed E-state index contributed by atoms with van der Waals surface area (Å²) in [4.78, 5) is 12.8. The SMILES string of the molecule is C=C(C)[C@@H]1CC[C@]2(C(=O)O)CC[C@]3(C)C(CCC4[C@@]5(C)CC[C@H](O)C(C)(C)C5CC[C@]43C)C12.[Re]. The molecule has 10 atom stereocenters. The molecule has 34 heavy (non-hydrogen) atoms. The third kappa shape index (κ3) is 3.10. The fourth-order valence-corrected chi connectivity index (χ4v) is 11.5. The van der Waals surface area contributed by atoms with Crippen LogP contribution in [0.3, 0.4) is 0 Å². The Morgan fingerprint density at radius 2 is 1.50 bits per heavy atom. The number of aliphatic hydroxyl groups excluding tert-OH is 1. The van der Waals surface area contributed by atoms with Gasteiger partial charge in [-0.3, -0.25) is 4.79 Å². The van der Waals surface area contributed by atoms with Crippen LogP contribution in [0.5, 0.6) is 0 Å². The van der Waals surface area contributed by atoms with Crippen LogP contribution in [0.25, 0.3) is 0 Å². The molecule has 0 saturated heterocycles. The molecule has 5 fully saturated rings. The van der Waals surface area contributed by atoms with Gasteiger partial charge in [0.05, 0.1) is 11.5 Å². The molecule has 4 heteroatoms. The molecule has 0 amide bonds. The number of hydrogen-bond donors (Lipinski definition) is 2. The van der Waals surface area contributed by atoms with Crippen LogP contribution in [-0.4, -0.2) is 22.3 Å². The molecule has 5 saturated carbocycles. The minimum atomic E-state index is -0.538. The molecule has 193 valence electrons. The second kappa shape index (κ2) is 8.17. The Morgan fingerprint density at radius 3 is 2.12 bits per heavy atom. The Morgan fingerprint density at radius 1 is 0.824 bits per heavy atom. The molecule has 1 radical (unpaired) electrons. The standard InChI is InChI=1S/C30H48O3.Re/c1-18(2)19-10-15-30(25(32)33)17-16-28(6)20(24(19)30)8-9-22-27(5)13-12-23(31)26(3,4)21(27)11-14-29(22,28)7;/h19-24,31H,1,8-17H2,2-7H3,(H,32,33);/t19-,20?,21?,22?,23-,24?,27-,28+,29+,30-;/m0./s1. The summed E-state index contributed by atoms with van der Waals surface area (Å²) < 4.78 is 0. The molecular weight excluding hydrogens is 595 g/mol. The van der Waals surface area contributed by atoms with Gasteiger partial charge >= 0.3 is 5.97 Å². The number of carboxylic acids is 1. The summed E-state index contributed by atoms with van der Waals surface area (Å²) in [5.74, 6) is 1.79. The Kier molecular flexibility index (Phi) is 6.46. The summed E-state index contributed by atoms with van der Waals surface area (Å²) in [6.07, 6.45) is 10.5. The first-order valence-electron chi connectivity index (χ1n) is 13.8. The van der Waals surface area contributed by atoms with Crippen LogP contribution in [0.1, 0.15) is 106 Å². The molecule has 0 aromatic carbocycles. The fourth-order valence-electron chi connectivity index (χ4n) is 11.5. The average Bonchev–Trinajstić information content (AvgIpc) is 3.13. The number of aliphatic hydroxyl groups is 1. The van der Waals surface area contributed by atoms with Gasteiger partial charge in [-0.2, -0.15) is 0 Å². The minimum Gasteiger partial charge on any atom is -0.481 e. The van der Waals surface area contributed by atoms with Gasteiger partial charge in [-0.05, 0) is 122 Å². The molecule has 0 aromatic heterocycles. The van der Waals surface area contributed by atoms with E-state index >= 15 is 0 Å². The maximum atomic E-state index is 12.8. The first kappa shape index (κ1) is 26.9. The summed E-state index contributed by atoms with van der Waals surface area (Å²) in [5, 5.41) is 21.4. The van der Waals surface area contributed by atoms with Gasteiger partial charge < -0.3 is 10.2 Å². The van der Waals surface area contributed by atoms with Crippen molar-refractivity contribution in [3.05, 3.63) is 12.2 Å². The van der Waals surface area contributed by atoms with Gasteiger partial charge in [-0.15, -0.1) is 0 Å². The van der Waals surface area contributed by atoms with Crippen molar-refractivity contribution in [2.75, 3.05) is 0 Å². The summed E-state index contributed by atoms with van der Waals surface area (Å²) >= 11 is 0. The van der Waals surface area contributed by atoms with E-state index in [2.05, 4.69) is 48.1 Å². The van der Waals surface area contributed by atoms with E-state index in [0.717, 1.165) is 38.5 Å². The van der Waals surface area contributed by atoms with Gasteiger partial charge in [0, 0.05) is 20.4 Å². The van der Waals surface area contributed by atoms with E-state index in [1.807, 2.05) is 0 Å². The number of aliphatic carboxylic acids is 1. The normalized spacial score (nSPS) is 53.4. The van der Waals surface area contributed by atoms with Gasteiger partial charge in [-0.1, -0.05) is 46.8 Å². The number of carbonyl (C=O) groups is 1. The third-order valence-corrected chi connectivity index (χ3v) is 13.5. The van der Waals surface area contributed by atoms with Gasteiger partial charge in [0.1, 0.15) is 0 Å². The molecule has 3 nitrogen and oxygen atoms in total. The smallest absolute Gasteiger partial charge is 0.309 e. The van der Waals surface area contributed by atoms with Crippen molar-refractivity contribution in [1.82, 2.24) is 0 Å². The Hall–Kier alpha value is -0.168. The number of allylic oxidation sites excluding steroid dienone is 1.